The van der Waals surface area contributed by atoms with Crippen LogP contribution in [0, 0.1) is 0 Å². The number of nitrogen functional groups attached to an aromatic ring is 1. The van der Waals surface area contributed by atoms with Crippen LogP contribution in [0.2, 0.25) is 0 Å². The summed E-state index contributed by atoms with van der Waals surface area (Å²) in [4.78, 5) is 20.3. The van der Waals surface area contributed by atoms with Crippen LogP contribution < -0.4 is 21.1 Å². The molecule has 1 fully saturated rings. The maximum atomic E-state index is 13.0. The molecule has 158 valence electrons. The maximum absolute atomic E-state index is 13.0. The standard InChI is InChI=1S/C18H18F3N7O2/c19-18(20,21)13-4-7-28-16(26-13)14(15(22)27-28)17(29)25-11-8-23-6-3-12(11)30-9-10-2-1-5-24-10/h3-4,6-8,10,24H,1-2,5,9H2,(H2,22,27)(H,25,29)/t10-/m0/s1. The van der Waals surface area contributed by atoms with Gasteiger partial charge in [0.05, 0.1) is 6.20 Å². The van der Waals surface area contributed by atoms with Gasteiger partial charge in [-0.2, -0.15) is 13.2 Å². The van der Waals surface area contributed by atoms with E-state index in [9.17, 15) is 18.0 Å². The van der Waals surface area contributed by atoms with E-state index in [1.165, 1.54) is 12.4 Å². The van der Waals surface area contributed by atoms with Crippen LogP contribution in [-0.2, 0) is 6.18 Å². The lowest BCUT2D eigenvalue weighted by molar-refractivity contribution is -0.141. The number of nitrogens with zero attached hydrogens (tertiary/aromatic N) is 4. The predicted octanol–water partition coefficient (Wildman–Crippen LogP) is 2.11. The second-order valence-electron chi connectivity index (χ2n) is 6.77. The summed E-state index contributed by atoms with van der Waals surface area (Å²) in [6.45, 7) is 1.33. The van der Waals surface area contributed by atoms with Crippen LogP contribution in [0.1, 0.15) is 28.9 Å². The Morgan fingerprint density at radius 1 is 1.40 bits per heavy atom. The molecule has 0 aliphatic carbocycles. The fraction of sp³-hybridized carbons (Fsp3) is 0.333. The van der Waals surface area contributed by atoms with Crippen molar-refractivity contribution >= 4 is 23.1 Å². The third kappa shape index (κ3) is 3.99. The fourth-order valence-electron chi connectivity index (χ4n) is 3.20. The first-order chi connectivity index (χ1) is 14.3. The molecule has 30 heavy (non-hydrogen) atoms. The Balaban J connectivity index is 1.60. The molecular formula is C18H18F3N7O2. The van der Waals surface area contributed by atoms with E-state index < -0.39 is 17.8 Å². The van der Waals surface area contributed by atoms with Gasteiger partial charge in [-0.1, -0.05) is 0 Å². The zero-order valence-corrected chi connectivity index (χ0v) is 15.6. The Morgan fingerprint density at radius 2 is 2.23 bits per heavy atom. The number of alkyl halides is 3. The lowest BCUT2D eigenvalue weighted by Crippen LogP contribution is -2.28. The highest BCUT2D eigenvalue weighted by molar-refractivity contribution is 6.12. The minimum atomic E-state index is -4.67. The molecule has 0 aromatic carbocycles. The Morgan fingerprint density at radius 3 is 2.97 bits per heavy atom. The summed E-state index contributed by atoms with van der Waals surface area (Å²) in [5, 5.41) is 9.74. The van der Waals surface area contributed by atoms with E-state index >= 15 is 0 Å². The molecule has 1 atom stereocenters. The number of rotatable bonds is 5. The molecule has 0 saturated carbocycles. The highest BCUT2D eigenvalue weighted by Gasteiger charge is 2.34. The van der Waals surface area contributed by atoms with Crippen molar-refractivity contribution in [3.8, 4) is 5.75 Å². The molecule has 3 aromatic rings. The van der Waals surface area contributed by atoms with Crippen molar-refractivity contribution in [3.05, 3.63) is 42.0 Å². The largest absolute Gasteiger partial charge is 0.490 e. The van der Waals surface area contributed by atoms with Gasteiger partial charge in [0, 0.05) is 24.5 Å². The van der Waals surface area contributed by atoms with E-state index in [0.29, 0.717) is 12.4 Å². The van der Waals surface area contributed by atoms with Gasteiger partial charge in [-0.05, 0) is 25.5 Å². The van der Waals surface area contributed by atoms with E-state index in [-0.39, 0.29) is 28.8 Å². The SMILES string of the molecule is Nc1nn2ccc(C(F)(F)F)nc2c1C(=O)Nc1cnccc1OC[C@@H]1CCCN1. The van der Waals surface area contributed by atoms with Crippen LogP contribution in [0.15, 0.2) is 30.7 Å². The molecular weight excluding hydrogens is 403 g/mol. The molecule has 4 N–H and O–H groups in total. The highest BCUT2D eigenvalue weighted by atomic mass is 19.4. The van der Waals surface area contributed by atoms with Crippen molar-refractivity contribution in [3.63, 3.8) is 0 Å². The average molecular weight is 421 g/mol. The number of carbonyl (C=O) groups is 1. The summed E-state index contributed by atoms with van der Waals surface area (Å²) in [6.07, 6.45) is 1.31. The number of ether oxygens (including phenoxy) is 1. The van der Waals surface area contributed by atoms with Gasteiger partial charge in [-0.3, -0.25) is 9.78 Å². The number of carbonyl (C=O) groups excluding carboxylic acids is 1. The van der Waals surface area contributed by atoms with E-state index in [4.69, 9.17) is 10.5 Å². The van der Waals surface area contributed by atoms with Crippen LogP contribution in [0.5, 0.6) is 5.75 Å². The fourth-order valence-corrected chi connectivity index (χ4v) is 3.20. The van der Waals surface area contributed by atoms with E-state index in [1.54, 1.807) is 6.07 Å². The molecule has 0 unspecified atom stereocenters. The summed E-state index contributed by atoms with van der Waals surface area (Å²) < 4.78 is 45.8. The number of hydrogen-bond acceptors (Lipinski definition) is 7. The van der Waals surface area contributed by atoms with E-state index in [0.717, 1.165) is 36.2 Å². The third-order valence-electron chi connectivity index (χ3n) is 4.66. The molecule has 1 amide bonds. The number of anilines is 2. The molecule has 12 heteroatoms. The number of hydrogen-bond donors (Lipinski definition) is 3. The van der Waals surface area contributed by atoms with Gasteiger partial charge in [0.1, 0.15) is 29.3 Å². The normalized spacial score (nSPS) is 16.7. The second kappa shape index (κ2) is 7.78. The number of amides is 1. The summed E-state index contributed by atoms with van der Waals surface area (Å²) in [5.74, 6) is -0.641. The van der Waals surface area contributed by atoms with Crippen molar-refractivity contribution in [1.29, 1.82) is 0 Å². The smallest absolute Gasteiger partial charge is 0.433 e. The van der Waals surface area contributed by atoms with Crippen molar-refractivity contribution in [2.24, 2.45) is 0 Å². The van der Waals surface area contributed by atoms with Crippen molar-refractivity contribution in [2.45, 2.75) is 25.1 Å². The number of nitrogens with one attached hydrogen (secondary N) is 2. The number of halogens is 3. The van der Waals surface area contributed by atoms with Crippen LogP contribution in [0.3, 0.4) is 0 Å². The molecule has 0 radical (unpaired) electrons. The van der Waals surface area contributed by atoms with Crippen LogP contribution >= 0.6 is 0 Å². The topological polar surface area (TPSA) is 119 Å². The summed E-state index contributed by atoms with van der Waals surface area (Å²) in [5.41, 5.74) is 4.30. The van der Waals surface area contributed by atoms with Crippen LogP contribution in [0.4, 0.5) is 24.7 Å². The minimum absolute atomic E-state index is 0.210. The van der Waals surface area contributed by atoms with Gasteiger partial charge >= 0.3 is 6.18 Å². The van der Waals surface area contributed by atoms with Crippen molar-refractivity contribution in [2.75, 3.05) is 24.2 Å². The second-order valence-corrected chi connectivity index (χ2v) is 6.77. The lowest BCUT2D eigenvalue weighted by atomic mass is 10.2. The Bertz CT molecular complexity index is 1080. The molecule has 0 spiro atoms. The summed E-state index contributed by atoms with van der Waals surface area (Å²) in [7, 11) is 0. The highest BCUT2D eigenvalue weighted by Crippen LogP contribution is 2.30. The van der Waals surface area contributed by atoms with Gasteiger partial charge in [0.25, 0.3) is 5.91 Å². The Hall–Kier alpha value is -3.41. The number of aromatic nitrogens is 4. The third-order valence-corrected chi connectivity index (χ3v) is 4.66. The van der Waals surface area contributed by atoms with Gasteiger partial charge < -0.3 is 21.1 Å². The predicted molar refractivity (Wildman–Crippen MR) is 101 cm³/mol. The van der Waals surface area contributed by atoms with Gasteiger partial charge in [0.15, 0.2) is 11.5 Å². The van der Waals surface area contributed by atoms with Gasteiger partial charge in [0.2, 0.25) is 0 Å². The lowest BCUT2D eigenvalue weighted by Gasteiger charge is -2.15. The first-order valence-electron chi connectivity index (χ1n) is 9.16. The van der Waals surface area contributed by atoms with Gasteiger partial charge in [-0.15, -0.1) is 5.10 Å². The summed E-state index contributed by atoms with van der Waals surface area (Å²) >= 11 is 0. The molecule has 0 bridgehead atoms. The Kier molecular flexibility index (Phi) is 5.16. The maximum Gasteiger partial charge on any atom is 0.433 e. The number of pyridine rings is 1. The van der Waals surface area contributed by atoms with Gasteiger partial charge in [-0.25, -0.2) is 9.50 Å². The number of nitrogens with two attached hydrogens (primary N) is 1. The quantitative estimate of drug-likeness (QED) is 0.577. The molecule has 1 aliphatic rings. The molecule has 3 aromatic heterocycles. The summed E-state index contributed by atoms with van der Waals surface area (Å²) in [6, 6.07) is 2.55. The first-order valence-corrected chi connectivity index (χ1v) is 9.16. The van der Waals surface area contributed by atoms with Crippen molar-refractivity contribution in [1.82, 2.24) is 24.9 Å². The number of fused-ring (bicyclic) bond motifs is 1. The molecule has 4 heterocycles. The van der Waals surface area contributed by atoms with E-state index in [2.05, 4.69) is 25.7 Å². The molecule has 1 aliphatic heterocycles. The molecule has 1 saturated heterocycles. The first kappa shape index (κ1) is 19.9. The van der Waals surface area contributed by atoms with E-state index in [1.807, 2.05) is 0 Å². The average Bonchev–Trinajstić information content (AvgIpc) is 3.32. The monoisotopic (exact) mass is 421 g/mol. The molecule has 9 nitrogen and oxygen atoms in total. The Labute approximate surface area is 168 Å². The zero-order chi connectivity index (χ0) is 21.3. The van der Waals surface area contributed by atoms with Crippen LogP contribution in [0.25, 0.3) is 5.65 Å². The van der Waals surface area contributed by atoms with Crippen LogP contribution in [-0.4, -0.2) is 44.7 Å². The van der Waals surface area contributed by atoms with Crippen molar-refractivity contribution < 1.29 is 22.7 Å². The zero-order valence-electron chi connectivity index (χ0n) is 15.6. The molecule has 4 rings (SSSR count). The minimum Gasteiger partial charge on any atom is -0.490 e.